The van der Waals surface area contributed by atoms with E-state index in [1.54, 1.807) is 0 Å². The Bertz CT molecular complexity index is 978. The van der Waals surface area contributed by atoms with E-state index in [0.717, 1.165) is 80.6 Å². The van der Waals surface area contributed by atoms with Gasteiger partial charge in [-0.1, -0.05) is 20.3 Å². The highest BCUT2D eigenvalue weighted by Crippen LogP contribution is 2.21. The maximum absolute atomic E-state index is 13.0. The van der Waals surface area contributed by atoms with Crippen molar-refractivity contribution in [1.82, 2.24) is 19.8 Å². The number of rotatable bonds is 5. The van der Waals surface area contributed by atoms with Crippen LogP contribution in [0.2, 0.25) is 0 Å². The van der Waals surface area contributed by atoms with Gasteiger partial charge in [0.25, 0.3) is 5.56 Å². The molecule has 168 valence electrons. The Morgan fingerprint density at radius 3 is 2.81 bits per heavy atom. The van der Waals surface area contributed by atoms with Crippen LogP contribution >= 0.6 is 12.2 Å². The topological polar surface area (TPSA) is 62.2 Å². The minimum Gasteiger partial charge on any atom is -0.362 e. The van der Waals surface area contributed by atoms with Crippen LogP contribution in [0.3, 0.4) is 0 Å². The molecule has 2 N–H and O–H groups in total. The number of piperidine rings is 1. The van der Waals surface area contributed by atoms with E-state index in [-0.39, 0.29) is 5.56 Å². The minimum absolute atomic E-state index is 0.0643. The van der Waals surface area contributed by atoms with Crippen LogP contribution in [0.15, 0.2) is 23.0 Å². The number of aryl methyl sites for hydroxylation is 1. The van der Waals surface area contributed by atoms with E-state index in [9.17, 15) is 4.79 Å². The van der Waals surface area contributed by atoms with Crippen molar-refractivity contribution in [3.8, 4) is 0 Å². The van der Waals surface area contributed by atoms with Crippen LogP contribution in [0.4, 0.5) is 5.69 Å². The summed E-state index contributed by atoms with van der Waals surface area (Å²) in [4.78, 5) is 20.3. The summed E-state index contributed by atoms with van der Waals surface area (Å²) in [5.41, 5.74) is 1.67. The van der Waals surface area contributed by atoms with Crippen molar-refractivity contribution in [2.24, 2.45) is 11.8 Å². The van der Waals surface area contributed by atoms with Crippen LogP contribution in [-0.2, 0) is 13.0 Å². The van der Waals surface area contributed by atoms with E-state index < -0.39 is 0 Å². The van der Waals surface area contributed by atoms with Crippen LogP contribution in [-0.4, -0.2) is 45.7 Å². The molecule has 0 aliphatic carbocycles. The van der Waals surface area contributed by atoms with Gasteiger partial charge in [0.05, 0.1) is 10.9 Å². The second-order valence-corrected chi connectivity index (χ2v) is 9.88. The number of benzene rings is 1. The number of nitrogens with zero attached hydrogens (tertiary/aromatic N) is 3. The van der Waals surface area contributed by atoms with Gasteiger partial charge in [0, 0.05) is 38.3 Å². The van der Waals surface area contributed by atoms with E-state index >= 15 is 0 Å². The standard InChI is InChI=1S/C24H35N5OS/c1-17-13-18(2)16-28(15-17)11-6-10-25-24(31)26-19-8-9-21-20(14-19)23(30)29-12-5-3-4-7-22(29)27-21/h8-9,14,17-18H,3-7,10-13,15-16H2,1-2H3,(H2,25,26,31)/t17-,18-/m1/s1. The molecule has 2 atom stereocenters. The minimum atomic E-state index is 0.0643. The molecule has 2 aliphatic heterocycles. The van der Waals surface area contributed by atoms with Gasteiger partial charge in [-0.25, -0.2) is 4.98 Å². The first-order chi connectivity index (χ1) is 15.0. The summed E-state index contributed by atoms with van der Waals surface area (Å²) >= 11 is 5.48. The zero-order valence-electron chi connectivity index (χ0n) is 18.8. The molecule has 7 heteroatoms. The monoisotopic (exact) mass is 441 g/mol. The summed E-state index contributed by atoms with van der Waals surface area (Å²) in [7, 11) is 0. The second-order valence-electron chi connectivity index (χ2n) is 9.47. The van der Waals surface area contributed by atoms with Gasteiger partial charge in [0.1, 0.15) is 5.82 Å². The van der Waals surface area contributed by atoms with Crippen LogP contribution in [0.25, 0.3) is 10.9 Å². The SMILES string of the molecule is C[C@@H]1C[C@@H](C)CN(CCCNC(=S)Nc2ccc3nc4n(c(=O)c3c2)CCCCC4)C1. The van der Waals surface area contributed by atoms with Gasteiger partial charge in [-0.3, -0.25) is 9.36 Å². The molecule has 31 heavy (non-hydrogen) atoms. The predicted molar refractivity (Wildman–Crippen MR) is 132 cm³/mol. The Hall–Kier alpha value is -1.99. The van der Waals surface area contributed by atoms with Crippen molar-refractivity contribution < 1.29 is 0 Å². The summed E-state index contributed by atoms with van der Waals surface area (Å²) in [5, 5.41) is 7.80. The molecule has 3 heterocycles. The second kappa shape index (κ2) is 10.1. The molecule has 1 fully saturated rings. The zero-order valence-corrected chi connectivity index (χ0v) is 19.6. The molecule has 1 aromatic carbocycles. The molecule has 1 saturated heterocycles. The smallest absolute Gasteiger partial charge is 0.261 e. The summed E-state index contributed by atoms with van der Waals surface area (Å²) in [6.07, 6.45) is 6.59. The summed E-state index contributed by atoms with van der Waals surface area (Å²) in [5.74, 6) is 2.51. The highest BCUT2D eigenvalue weighted by Gasteiger charge is 2.21. The zero-order chi connectivity index (χ0) is 21.8. The van der Waals surface area contributed by atoms with Gasteiger partial charge >= 0.3 is 0 Å². The third-order valence-corrected chi connectivity index (χ3v) is 6.70. The van der Waals surface area contributed by atoms with Crippen molar-refractivity contribution in [1.29, 1.82) is 0 Å². The van der Waals surface area contributed by atoms with E-state index in [2.05, 4.69) is 29.4 Å². The molecule has 1 aromatic heterocycles. The fourth-order valence-corrected chi connectivity index (χ4v) is 5.37. The molecule has 0 radical (unpaired) electrons. The molecular weight excluding hydrogens is 406 g/mol. The van der Waals surface area contributed by atoms with Gasteiger partial charge in [-0.15, -0.1) is 0 Å². The van der Waals surface area contributed by atoms with Gasteiger partial charge in [0.15, 0.2) is 5.11 Å². The van der Waals surface area contributed by atoms with Crippen molar-refractivity contribution >= 4 is 33.9 Å². The van der Waals surface area contributed by atoms with Crippen molar-refractivity contribution in [2.75, 3.05) is 31.5 Å². The first-order valence-corrected chi connectivity index (χ1v) is 12.2. The molecule has 4 rings (SSSR count). The van der Waals surface area contributed by atoms with Crippen molar-refractivity contribution in [2.45, 2.75) is 58.9 Å². The molecule has 0 amide bonds. The number of hydrogen-bond acceptors (Lipinski definition) is 4. The van der Waals surface area contributed by atoms with Crippen molar-refractivity contribution in [3.05, 3.63) is 34.4 Å². The Balaban J connectivity index is 1.32. The normalized spacial score (nSPS) is 22.0. The maximum atomic E-state index is 13.0. The van der Waals surface area contributed by atoms with Crippen molar-refractivity contribution in [3.63, 3.8) is 0 Å². The van der Waals surface area contributed by atoms with Gasteiger partial charge in [-0.05, 0) is 74.5 Å². The van der Waals surface area contributed by atoms with E-state index in [1.165, 1.54) is 19.5 Å². The van der Waals surface area contributed by atoms with E-state index in [1.807, 2.05) is 22.8 Å². The lowest BCUT2D eigenvalue weighted by Crippen LogP contribution is -2.40. The number of likely N-dealkylation sites (tertiary alicyclic amines) is 1. The molecule has 6 nitrogen and oxygen atoms in total. The summed E-state index contributed by atoms with van der Waals surface area (Å²) < 4.78 is 1.86. The summed E-state index contributed by atoms with van der Waals surface area (Å²) in [6, 6.07) is 5.76. The number of aromatic nitrogens is 2. The number of fused-ring (bicyclic) bond motifs is 2. The molecule has 0 saturated carbocycles. The lowest BCUT2D eigenvalue weighted by Gasteiger charge is -2.35. The highest BCUT2D eigenvalue weighted by atomic mass is 32.1. The van der Waals surface area contributed by atoms with Gasteiger partial charge in [0.2, 0.25) is 0 Å². The third-order valence-electron chi connectivity index (χ3n) is 6.45. The Labute approximate surface area is 190 Å². The maximum Gasteiger partial charge on any atom is 0.261 e. The molecule has 2 aromatic rings. The fourth-order valence-electron chi connectivity index (χ4n) is 5.15. The van der Waals surface area contributed by atoms with Gasteiger partial charge < -0.3 is 15.5 Å². The highest BCUT2D eigenvalue weighted by molar-refractivity contribution is 7.80. The molecule has 0 unspecified atom stereocenters. The van der Waals surface area contributed by atoms with Crippen LogP contribution in [0.1, 0.15) is 51.8 Å². The third kappa shape index (κ3) is 5.63. The number of nitrogens with one attached hydrogen (secondary N) is 2. The predicted octanol–water partition coefficient (Wildman–Crippen LogP) is 3.78. The molecule has 2 aliphatic rings. The lowest BCUT2D eigenvalue weighted by atomic mass is 9.92. The molecule has 0 bridgehead atoms. The number of thiocarbonyl (C=S) groups is 1. The quantitative estimate of drug-likeness (QED) is 0.544. The number of hydrogen-bond donors (Lipinski definition) is 2. The average Bonchev–Trinajstić information content (AvgIpc) is 2.97. The molecular formula is C24H35N5OS. The lowest BCUT2D eigenvalue weighted by molar-refractivity contribution is 0.140. The first kappa shape index (κ1) is 22.2. The van der Waals surface area contributed by atoms with Gasteiger partial charge in [-0.2, -0.15) is 0 Å². The number of anilines is 1. The Morgan fingerprint density at radius 2 is 2.00 bits per heavy atom. The van der Waals surface area contributed by atoms with E-state index in [4.69, 9.17) is 17.2 Å². The van der Waals surface area contributed by atoms with E-state index in [0.29, 0.717) is 10.5 Å². The largest absolute Gasteiger partial charge is 0.362 e. The Kier molecular flexibility index (Phi) is 7.23. The van der Waals surface area contributed by atoms with Crippen LogP contribution in [0, 0.1) is 11.8 Å². The average molecular weight is 442 g/mol. The fraction of sp³-hybridized carbons (Fsp3) is 0.625. The first-order valence-electron chi connectivity index (χ1n) is 11.8. The van der Waals surface area contributed by atoms with Crippen LogP contribution < -0.4 is 16.2 Å². The molecule has 0 spiro atoms. The van der Waals surface area contributed by atoms with Crippen LogP contribution in [0.5, 0.6) is 0 Å². The summed E-state index contributed by atoms with van der Waals surface area (Å²) in [6.45, 7) is 9.83. The Morgan fingerprint density at radius 1 is 1.19 bits per heavy atom.